The highest BCUT2D eigenvalue weighted by Crippen LogP contribution is 2.15. The summed E-state index contributed by atoms with van der Waals surface area (Å²) >= 11 is 0. The lowest BCUT2D eigenvalue weighted by molar-refractivity contribution is 1.05. The van der Waals surface area contributed by atoms with Gasteiger partial charge < -0.3 is 0 Å². The largest absolute Gasteiger partial charge is 0.0845 e. The summed E-state index contributed by atoms with van der Waals surface area (Å²) in [5, 5.41) is 0. The van der Waals surface area contributed by atoms with Crippen LogP contribution in [-0.4, -0.2) is 0 Å². The lowest BCUT2D eigenvalue weighted by atomic mass is 10.0. The molecule has 0 spiro atoms. The molecule has 10 heavy (non-hydrogen) atoms. The van der Waals surface area contributed by atoms with Crippen LogP contribution in [0.1, 0.15) is 41.0 Å². The van der Waals surface area contributed by atoms with Crippen LogP contribution in [-0.2, 0) is 0 Å². The summed E-state index contributed by atoms with van der Waals surface area (Å²) in [6.07, 6.45) is 3.32. The molecule has 0 heterocycles. The van der Waals surface area contributed by atoms with Gasteiger partial charge in [-0.1, -0.05) is 24.1 Å². The maximum Gasteiger partial charge on any atom is -0.0346 e. The summed E-state index contributed by atoms with van der Waals surface area (Å²) in [7, 11) is 0. The van der Waals surface area contributed by atoms with E-state index in [0.717, 1.165) is 6.42 Å². The van der Waals surface area contributed by atoms with Gasteiger partial charge in [-0.05, 0) is 39.7 Å². The number of hydrogen-bond acceptors (Lipinski definition) is 0. The Morgan fingerprint density at radius 3 is 2.00 bits per heavy atom. The summed E-state index contributed by atoms with van der Waals surface area (Å²) in [5.74, 6) is 0. The molecule has 0 nitrogen and oxygen atoms in total. The monoisotopic (exact) mass is 138 g/mol. The van der Waals surface area contributed by atoms with E-state index < -0.39 is 0 Å². The second-order valence-electron chi connectivity index (χ2n) is 2.73. The molecule has 0 saturated heterocycles. The Balaban J connectivity index is 4.46. The third-order valence-corrected chi connectivity index (χ3v) is 2.20. The average Bonchev–Trinajstić information content (AvgIpc) is 2.00. The van der Waals surface area contributed by atoms with Crippen molar-refractivity contribution < 1.29 is 0 Å². The van der Waals surface area contributed by atoms with Gasteiger partial charge in [0, 0.05) is 0 Å². The average molecular weight is 138 g/mol. The zero-order valence-electron chi connectivity index (χ0n) is 7.78. The first kappa shape index (κ1) is 9.48. The molecule has 0 unspecified atom stereocenters. The van der Waals surface area contributed by atoms with E-state index >= 15 is 0 Å². The quantitative estimate of drug-likeness (QED) is 0.510. The zero-order chi connectivity index (χ0) is 8.15. The molecular formula is C10H18. The van der Waals surface area contributed by atoms with Crippen LogP contribution in [0, 0.1) is 0 Å². The fourth-order valence-electron chi connectivity index (χ4n) is 0.818. The van der Waals surface area contributed by atoms with E-state index in [0.29, 0.717) is 0 Å². The van der Waals surface area contributed by atoms with E-state index in [1.165, 1.54) is 16.7 Å². The Bertz CT molecular complexity index is 159. The molecule has 0 bridgehead atoms. The SMILES string of the molecule is CC=C(C)/C(C)=C(\C)CC. The minimum absolute atomic E-state index is 1.16. The molecule has 0 aromatic rings. The molecule has 0 aromatic heterocycles. The summed E-state index contributed by atoms with van der Waals surface area (Å²) < 4.78 is 0. The van der Waals surface area contributed by atoms with Crippen molar-refractivity contribution in [3.63, 3.8) is 0 Å². The molecule has 0 amide bonds. The van der Waals surface area contributed by atoms with E-state index in [-0.39, 0.29) is 0 Å². The van der Waals surface area contributed by atoms with E-state index in [2.05, 4.69) is 40.7 Å². The van der Waals surface area contributed by atoms with Gasteiger partial charge in [0.2, 0.25) is 0 Å². The molecule has 0 aliphatic carbocycles. The molecule has 0 saturated carbocycles. The highest BCUT2D eigenvalue weighted by molar-refractivity contribution is 5.30. The maximum atomic E-state index is 2.20. The highest BCUT2D eigenvalue weighted by Gasteiger charge is 1.94. The lowest BCUT2D eigenvalue weighted by Crippen LogP contribution is -1.84. The summed E-state index contributed by atoms with van der Waals surface area (Å²) in [6.45, 7) is 10.8. The zero-order valence-corrected chi connectivity index (χ0v) is 7.78. The lowest BCUT2D eigenvalue weighted by Gasteiger charge is -2.04. The molecule has 0 atom stereocenters. The molecule has 0 aliphatic heterocycles. The highest BCUT2D eigenvalue weighted by atomic mass is 14.0. The van der Waals surface area contributed by atoms with Gasteiger partial charge in [0.25, 0.3) is 0 Å². The van der Waals surface area contributed by atoms with E-state index in [1.54, 1.807) is 0 Å². The summed E-state index contributed by atoms with van der Waals surface area (Å²) in [5.41, 5.74) is 4.35. The molecule has 0 radical (unpaired) electrons. The molecule has 0 N–H and O–H groups in total. The van der Waals surface area contributed by atoms with E-state index in [9.17, 15) is 0 Å². The topological polar surface area (TPSA) is 0 Å². The molecule has 0 aromatic carbocycles. The van der Waals surface area contributed by atoms with Gasteiger partial charge in [0.05, 0.1) is 0 Å². The van der Waals surface area contributed by atoms with Crippen LogP contribution in [0.3, 0.4) is 0 Å². The molecule has 58 valence electrons. The van der Waals surface area contributed by atoms with Crippen LogP contribution < -0.4 is 0 Å². The number of allylic oxidation sites excluding steroid dienone is 4. The van der Waals surface area contributed by atoms with Crippen molar-refractivity contribution in [3.05, 3.63) is 22.8 Å². The van der Waals surface area contributed by atoms with Crippen molar-refractivity contribution in [2.45, 2.75) is 41.0 Å². The van der Waals surface area contributed by atoms with Gasteiger partial charge in [-0.15, -0.1) is 0 Å². The second kappa shape index (κ2) is 4.32. The van der Waals surface area contributed by atoms with Crippen molar-refractivity contribution in [1.29, 1.82) is 0 Å². The number of rotatable bonds is 2. The van der Waals surface area contributed by atoms with Crippen molar-refractivity contribution in [3.8, 4) is 0 Å². The van der Waals surface area contributed by atoms with Gasteiger partial charge in [0.15, 0.2) is 0 Å². The van der Waals surface area contributed by atoms with Gasteiger partial charge in [-0.25, -0.2) is 0 Å². The first-order chi connectivity index (χ1) is 4.63. The van der Waals surface area contributed by atoms with Crippen LogP contribution in [0.4, 0.5) is 0 Å². The second-order valence-corrected chi connectivity index (χ2v) is 2.73. The Hall–Kier alpha value is -0.520. The first-order valence-electron chi connectivity index (χ1n) is 3.93. The Kier molecular flexibility index (Phi) is 4.10. The van der Waals surface area contributed by atoms with E-state index in [1.807, 2.05) is 0 Å². The van der Waals surface area contributed by atoms with Crippen LogP contribution >= 0.6 is 0 Å². The van der Waals surface area contributed by atoms with Gasteiger partial charge >= 0.3 is 0 Å². The first-order valence-corrected chi connectivity index (χ1v) is 3.93. The van der Waals surface area contributed by atoms with Crippen molar-refractivity contribution in [2.24, 2.45) is 0 Å². The third-order valence-electron chi connectivity index (χ3n) is 2.20. The molecule has 0 aliphatic rings. The van der Waals surface area contributed by atoms with Crippen molar-refractivity contribution in [2.75, 3.05) is 0 Å². The predicted molar refractivity (Wildman–Crippen MR) is 48.1 cm³/mol. The fraction of sp³-hybridized carbons (Fsp3) is 0.600. The summed E-state index contributed by atoms with van der Waals surface area (Å²) in [6, 6.07) is 0. The smallest absolute Gasteiger partial charge is 0.0346 e. The molecule has 0 fully saturated rings. The normalized spacial score (nSPS) is 15.1. The van der Waals surface area contributed by atoms with Gasteiger partial charge in [0.1, 0.15) is 0 Å². The van der Waals surface area contributed by atoms with E-state index in [4.69, 9.17) is 0 Å². The van der Waals surface area contributed by atoms with Crippen molar-refractivity contribution in [1.82, 2.24) is 0 Å². The fourth-order valence-corrected chi connectivity index (χ4v) is 0.818. The molecule has 0 heteroatoms. The summed E-state index contributed by atoms with van der Waals surface area (Å²) in [4.78, 5) is 0. The minimum atomic E-state index is 1.16. The molecule has 0 rings (SSSR count). The predicted octanol–water partition coefficient (Wildman–Crippen LogP) is 3.70. The van der Waals surface area contributed by atoms with Gasteiger partial charge in [-0.2, -0.15) is 0 Å². The van der Waals surface area contributed by atoms with Crippen LogP contribution in [0.15, 0.2) is 22.8 Å². The Morgan fingerprint density at radius 2 is 1.70 bits per heavy atom. The Morgan fingerprint density at radius 1 is 1.20 bits per heavy atom. The van der Waals surface area contributed by atoms with Crippen molar-refractivity contribution >= 4 is 0 Å². The number of hydrogen-bond donors (Lipinski definition) is 0. The van der Waals surface area contributed by atoms with Crippen LogP contribution in [0.5, 0.6) is 0 Å². The van der Waals surface area contributed by atoms with Crippen LogP contribution in [0.25, 0.3) is 0 Å². The minimum Gasteiger partial charge on any atom is -0.0845 e. The maximum absolute atomic E-state index is 2.20. The Labute approximate surface area is 64.6 Å². The standard InChI is InChI=1S/C10H18/c1-6-8(3)10(5)9(4)7-2/h6H,7H2,1-5H3/b8-6?,10-9+. The third kappa shape index (κ3) is 2.38. The van der Waals surface area contributed by atoms with Gasteiger partial charge in [-0.3, -0.25) is 0 Å². The molecular weight excluding hydrogens is 120 g/mol. The van der Waals surface area contributed by atoms with Crippen LogP contribution in [0.2, 0.25) is 0 Å².